The van der Waals surface area contributed by atoms with Gasteiger partial charge in [-0.15, -0.1) is 0 Å². The number of alkyl halides is 2. The van der Waals surface area contributed by atoms with E-state index in [1.54, 1.807) is 30.0 Å². The summed E-state index contributed by atoms with van der Waals surface area (Å²) in [6.45, 7) is 4.22. The number of hydrogen-bond donors (Lipinski definition) is 2. The first-order valence-corrected chi connectivity index (χ1v) is 10.6. The Morgan fingerprint density at radius 1 is 1.38 bits per heavy atom. The predicted octanol–water partition coefficient (Wildman–Crippen LogP) is 2.15. The average molecular weight is 448 g/mol. The van der Waals surface area contributed by atoms with E-state index in [1.807, 2.05) is 6.92 Å². The lowest BCUT2D eigenvalue weighted by Crippen LogP contribution is -2.59. The molecule has 1 aromatic heterocycles. The van der Waals surface area contributed by atoms with Gasteiger partial charge in [0.1, 0.15) is 18.1 Å². The van der Waals surface area contributed by atoms with Crippen molar-refractivity contribution in [3.63, 3.8) is 0 Å². The topological polar surface area (TPSA) is 111 Å². The van der Waals surface area contributed by atoms with Crippen molar-refractivity contribution >= 4 is 11.9 Å². The highest BCUT2D eigenvalue weighted by molar-refractivity contribution is 5.75. The minimum atomic E-state index is -3.03. The second-order valence-electron chi connectivity index (χ2n) is 8.08. The fourth-order valence-electron chi connectivity index (χ4n) is 4.01. The van der Waals surface area contributed by atoms with Crippen LogP contribution in [-0.4, -0.2) is 52.9 Å². The standard InChI is InChI=1S/C22H26F2N4O4/c1-3-32-17-8-13(4-5-14(17)10-31-11-18(25)30)19-15-6-7-22(23,24)20(15)27-21(26-19)28-9-16(29)12(28)2/h4-5,8,12,16,29H,3,6-7,9-11H2,1-2H3,(H2,25,30)/t12-,16?/m0/s1. The van der Waals surface area contributed by atoms with Crippen LogP contribution in [0.15, 0.2) is 18.2 Å². The van der Waals surface area contributed by atoms with Gasteiger partial charge in [-0.3, -0.25) is 4.79 Å². The van der Waals surface area contributed by atoms with E-state index in [0.717, 1.165) is 0 Å². The summed E-state index contributed by atoms with van der Waals surface area (Å²) in [5.74, 6) is -2.90. The van der Waals surface area contributed by atoms with E-state index in [4.69, 9.17) is 15.2 Å². The van der Waals surface area contributed by atoms with Crippen molar-refractivity contribution < 1.29 is 28.2 Å². The van der Waals surface area contributed by atoms with Gasteiger partial charge in [0, 0.05) is 29.7 Å². The number of aromatic nitrogens is 2. The molecule has 8 nitrogen and oxygen atoms in total. The monoisotopic (exact) mass is 448 g/mol. The summed E-state index contributed by atoms with van der Waals surface area (Å²) in [5.41, 5.74) is 7.04. The van der Waals surface area contributed by atoms with E-state index < -0.39 is 17.9 Å². The summed E-state index contributed by atoms with van der Waals surface area (Å²) in [6, 6.07) is 5.02. The molecule has 2 aromatic rings. The molecule has 2 heterocycles. The zero-order valence-electron chi connectivity index (χ0n) is 18.0. The number of aliphatic hydroxyl groups excluding tert-OH is 1. The summed E-state index contributed by atoms with van der Waals surface area (Å²) >= 11 is 0. The van der Waals surface area contributed by atoms with Gasteiger partial charge in [0.25, 0.3) is 5.92 Å². The number of ether oxygens (including phenoxy) is 2. The first-order chi connectivity index (χ1) is 15.2. The Morgan fingerprint density at radius 2 is 2.16 bits per heavy atom. The number of carbonyl (C=O) groups is 1. The Hall–Kier alpha value is -2.85. The van der Waals surface area contributed by atoms with Crippen molar-refractivity contribution in [3.05, 3.63) is 35.0 Å². The number of carbonyl (C=O) groups excluding carboxylic acids is 1. The van der Waals surface area contributed by atoms with E-state index in [1.165, 1.54) is 0 Å². The smallest absolute Gasteiger partial charge is 0.290 e. The van der Waals surface area contributed by atoms with Gasteiger partial charge in [-0.2, -0.15) is 8.78 Å². The normalized spacial score (nSPS) is 21.2. The number of aliphatic hydroxyl groups is 1. The first-order valence-electron chi connectivity index (χ1n) is 10.6. The molecule has 0 spiro atoms. The molecule has 32 heavy (non-hydrogen) atoms. The predicted molar refractivity (Wildman–Crippen MR) is 113 cm³/mol. The largest absolute Gasteiger partial charge is 0.493 e. The summed E-state index contributed by atoms with van der Waals surface area (Å²) in [5, 5.41) is 9.86. The molecule has 10 heteroatoms. The molecule has 1 aromatic carbocycles. The van der Waals surface area contributed by atoms with Crippen molar-refractivity contribution in [3.8, 4) is 17.0 Å². The maximum absolute atomic E-state index is 14.6. The van der Waals surface area contributed by atoms with Crippen molar-refractivity contribution in [2.24, 2.45) is 5.73 Å². The van der Waals surface area contributed by atoms with Gasteiger partial charge >= 0.3 is 0 Å². The summed E-state index contributed by atoms with van der Waals surface area (Å²) in [7, 11) is 0. The first kappa shape index (κ1) is 22.3. The number of nitrogens with zero attached hydrogens (tertiary/aromatic N) is 3. The van der Waals surface area contributed by atoms with E-state index in [-0.39, 0.29) is 43.7 Å². The third-order valence-corrected chi connectivity index (χ3v) is 5.86. The number of hydrogen-bond acceptors (Lipinski definition) is 7. The minimum absolute atomic E-state index is 0.118. The number of rotatable bonds is 8. The number of fused-ring (bicyclic) bond motifs is 1. The molecule has 0 bridgehead atoms. The van der Waals surface area contributed by atoms with Crippen LogP contribution in [0.4, 0.5) is 14.7 Å². The number of nitrogens with two attached hydrogens (primary N) is 1. The van der Waals surface area contributed by atoms with Gasteiger partial charge in [-0.05, 0) is 26.3 Å². The quantitative estimate of drug-likeness (QED) is 0.637. The molecular weight excluding hydrogens is 422 g/mol. The molecule has 0 radical (unpaired) electrons. The molecule has 1 fully saturated rings. The third-order valence-electron chi connectivity index (χ3n) is 5.86. The van der Waals surface area contributed by atoms with E-state index in [0.29, 0.717) is 41.3 Å². The number of halogens is 2. The maximum atomic E-state index is 14.6. The Morgan fingerprint density at radius 3 is 2.81 bits per heavy atom. The van der Waals surface area contributed by atoms with Gasteiger partial charge in [-0.25, -0.2) is 9.97 Å². The molecule has 1 unspecified atom stereocenters. The average Bonchev–Trinajstić information content (AvgIpc) is 3.06. The fourth-order valence-corrected chi connectivity index (χ4v) is 4.01. The second-order valence-corrected chi connectivity index (χ2v) is 8.08. The minimum Gasteiger partial charge on any atom is -0.493 e. The summed E-state index contributed by atoms with van der Waals surface area (Å²) < 4.78 is 40.2. The maximum Gasteiger partial charge on any atom is 0.290 e. The van der Waals surface area contributed by atoms with Crippen LogP contribution in [0, 0.1) is 0 Å². The SMILES string of the molecule is CCOc1cc(-c2nc(N3CC(O)[C@@H]3C)nc3c2CCC3(F)F)ccc1COCC(N)=O. The highest BCUT2D eigenvalue weighted by Crippen LogP contribution is 2.45. The van der Waals surface area contributed by atoms with Gasteiger partial charge in [0.15, 0.2) is 0 Å². The van der Waals surface area contributed by atoms with Crippen LogP contribution in [-0.2, 0) is 28.5 Å². The molecule has 1 amide bonds. The van der Waals surface area contributed by atoms with Gasteiger partial charge < -0.3 is 25.2 Å². The number of primary amides is 1. The van der Waals surface area contributed by atoms with E-state index in [9.17, 15) is 18.7 Å². The Kier molecular flexibility index (Phi) is 6.00. The number of amides is 1. The van der Waals surface area contributed by atoms with Crippen LogP contribution in [0.3, 0.4) is 0 Å². The van der Waals surface area contributed by atoms with Crippen LogP contribution in [0.25, 0.3) is 11.3 Å². The molecule has 1 saturated heterocycles. The number of benzene rings is 1. The molecule has 2 aliphatic rings. The number of anilines is 1. The lowest BCUT2D eigenvalue weighted by molar-refractivity contribution is -0.122. The van der Waals surface area contributed by atoms with Crippen molar-refractivity contribution in [1.29, 1.82) is 0 Å². The van der Waals surface area contributed by atoms with E-state index >= 15 is 0 Å². The Bertz CT molecular complexity index is 1030. The zero-order chi connectivity index (χ0) is 23.0. The lowest BCUT2D eigenvalue weighted by atomic mass is 10.0. The Balaban J connectivity index is 1.74. The van der Waals surface area contributed by atoms with Crippen LogP contribution in [0.2, 0.25) is 0 Å². The molecule has 2 atom stereocenters. The van der Waals surface area contributed by atoms with Crippen LogP contribution in [0.1, 0.15) is 37.1 Å². The van der Waals surface area contributed by atoms with Gasteiger partial charge in [-0.1, -0.05) is 12.1 Å². The van der Waals surface area contributed by atoms with Crippen molar-refractivity contribution in [2.45, 2.75) is 51.4 Å². The van der Waals surface area contributed by atoms with Crippen LogP contribution >= 0.6 is 0 Å². The molecule has 3 N–H and O–H groups in total. The molecule has 172 valence electrons. The zero-order valence-corrected chi connectivity index (χ0v) is 18.0. The molecular formula is C22H26F2N4O4. The second kappa shape index (κ2) is 8.59. The summed E-state index contributed by atoms with van der Waals surface area (Å²) in [4.78, 5) is 21.5. The molecule has 0 saturated carbocycles. The lowest BCUT2D eigenvalue weighted by Gasteiger charge is -2.43. The van der Waals surface area contributed by atoms with Gasteiger partial charge in [0.05, 0.1) is 31.1 Å². The molecule has 1 aliphatic carbocycles. The van der Waals surface area contributed by atoms with Crippen LogP contribution in [0.5, 0.6) is 5.75 Å². The fraction of sp³-hybridized carbons (Fsp3) is 0.500. The Labute approximate surface area is 184 Å². The van der Waals surface area contributed by atoms with Crippen LogP contribution < -0.4 is 15.4 Å². The third kappa shape index (κ3) is 4.12. The van der Waals surface area contributed by atoms with E-state index in [2.05, 4.69) is 9.97 Å². The van der Waals surface area contributed by atoms with Crippen molar-refractivity contribution in [1.82, 2.24) is 9.97 Å². The molecule has 4 rings (SSSR count). The molecule has 1 aliphatic heterocycles. The highest BCUT2D eigenvalue weighted by atomic mass is 19.3. The van der Waals surface area contributed by atoms with Crippen molar-refractivity contribution in [2.75, 3.05) is 24.7 Å². The summed E-state index contributed by atoms with van der Waals surface area (Å²) in [6.07, 6.45) is -0.688. The van der Waals surface area contributed by atoms with Gasteiger partial charge in [0.2, 0.25) is 11.9 Å². The number of β-amino-alcohol motifs (C(OH)–C–C–N with tert-alkyl or cyclic N) is 1. The highest BCUT2D eigenvalue weighted by Gasteiger charge is 2.45.